The molecule has 2 aromatic heterocycles. The highest BCUT2D eigenvalue weighted by Crippen LogP contribution is 2.27. The Morgan fingerprint density at radius 2 is 1.95 bits per heavy atom. The number of halogens is 1. The summed E-state index contributed by atoms with van der Waals surface area (Å²) in [7, 11) is 0. The maximum absolute atomic E-state index is 11.7. The Kier molecular flexibility index (Phi) is 4.05. The molecule has 6 heteroatoms. The van der Waals surface area contributed by atoms with E-state index in [-0.39, 0.29) is 10.8 Å². The lowest BCUT2D eigenvalue weighted by molar-refractivity contribution is 0.332. The van der Waals surface area contributed by atoms with Crippen molar-refractivity contribution in [3.63, 3.8) is 0 Å². The Hall–Kier alpha value is -1.36. The van der Waals surface area contributed by atoms with Crippen LogP contribution in [0.4, 0.5) is 0 Å². The molecule has 1 aliphatic carbocycles. The summed E-state index contributed by atoms with van der Waals surface area (Å²) < 4.78 is 0. The number of aromatic nitrogens is 4. The van der Waals surface area contributed by atoms with Crippen LogP contribution in [0.5, 0.6) is 0 Å². The summed E-state index contributed by atoms with van der Waals surface area (Å²) in [4.78, 5) is 25.6. The first-order chi connectivity index (χ1) is 9.72. The molecule has 0 atom stereocenters. The molecular formula is C14H19ClN4O. The van der Waals surface area contributed by atoms with Gasteiger partial charge < -0.3 is 4.98 Å². The van der Waals surface area contributed by atoms with E-state index in [9.17, 15) is 4.79 Å². The van der Waals surface area contributed by atoms with Gasteiger partial charge in [0.1, 0.15) is 5.82 Å². The van der Waals surface area contributed by atoms with Gasteiger partial charge in [-0.1, -0.05) is 38.5 Å². The molecule has 2 N–H and O–H groups in total. The third-order valence-electron chi connectivity index (χ3n) is 4.13. The van der Waals surface area contributed by atoms with Crippen LogP contribution in [0.25, 0.3) is 11.2 Å². The number of hydrogen-bond donors (Lipinski definition) is 2. The lowest BCUT2D eigenvalue weighted by atomic mass is 9.86. The van der Waals surface area contributed by atoms with Crippen molar-refractivity contribution in [2.45, 2.75) is 51.4 Å². The smallest absolute Gasteiger partial charge is 0.277 e. The number of aromatic amines is 2. The maximum Gasteiger partial charge on any atom is 0.277 e. The minimum atomic E-state index is -0.258. The lowest BCUT2D eigenvalue weighted by Crippen LogP contribution is -2.07. The topological polar surface area (TPSA) is 74.4 Å². The molecule has 5 nitrogen and oxygen atoms in total. The van der Waals surface area contributed by atoms with Crippen LogP contribution in [0.2, 0.25) is 5.28 Å². The van der Waals surface area contributed by atoms with E-state index in [4.69, 9.17) is 11.6 Å². The van der Waals surface area contributed by atoms with Crippen molar-refractivity contribution < 1.29 is 0 Å². The second kappa shape index (κ2) is 5.95. The summed E-state index contributed by atoms with van der Waals surface area (Å²) in [6.45, 7) is 0. The largest absolute Gasteiger partial charge is 0.336 e. The van der Waals surface area contributed by atoms with Gasteiger partial charge in [0.15, 0.2) is 11.2 Å². The highest BCUT2D eigenvalue weighted by Gasteiger charge is 2.14. The predicted octanol–water partition coefficient (Wildman–Crippen LogP) is 3.20. The fraction of sp³-hybridized carbons (Fsp3) is 0.643. The van der Waals surface area contributed by atoms with Crippen molar-refractivity contribution in [1.29, 1.82) is 0 Å². The van der Waals surface area contributed by atoms with Crippen molar-refractivity contribution in [3.8, 4) is 0 Å². The van der Waals surface area contributed by atoms with E-state index < -0.39 is 0 Å². The van der Waals surface area contributed by atoms with Crippen molar-refractivity contribution in [3.05, 3.63) is 21.5 Å². The van der Waals surface area contributed by atoms with Crippen LogP contribution in [0, 0.1) is 5.92 Å². The van der Waals surface area contributed by atoms with E-state index in [1.54, 1.807) is 0 Å². The molecule has 0 aromatic carbocycles. The molecule has 0 spiro atoms. The lowest BCUT2D eigenvalue weighted by Gasteiger charge is -2.20. The van der Waals surface area contributed by atoms with E-state index >= 15 is 0 Å². The second-order valence-corrected chi connectivity index (χ2v) is 5.99. The van der Waals surface area contributed by atoms with E-state index in [0.29, 0.717) is 11.2 Å². The summed E-state index contributed by atoms with van der Waals surface area (Å²) in [5.74, 6) is 1.71. The monoisotopic (exact) mass is 294 g/mol. The number of nitrogens with one attached hydrogen (secondary N) is 2. The third-order valence-corrected chi connectivity index (χ3v) is 4.31. The van der Waals surface area contributed by atoms with Gasteiger partial charge in [0.2, 0.25) is 5.28 Å². The van der Waals surface area contributed by atoms with E-state index in [2.05, 4.69) is 19.9 Å². The quantitative estimate of drug-likeness (QED) is 0.850. The average Bonchev–Trinajstić information content (AvgIpc) is 2.83. The van der Waals surface area contributed by atoms with Gasteiger partial charge in [-0.3, -0.25) is 9.78 Å². The summed E-state index contributed by atoms with van der Waals surface area (Å²) >= 11 is 5.72. The van der Waals surface area contributed by atoms with Crippen LogP contribution >= 0.6 is 11.6 Å². The van der Waals surface area contributed by atoms with Crippen LogP contribution < -0.4 is 5.56 Å². The molecule has 1 aliphatic rings. The maximum atomic E-state index is 11.7. The van der Waals surface area contributed by atoms with Crippen molar-refractivity contribution in [2.75, 3.05) is 0 Å². The van der Waals surface area contributed by atoms with E-state index in [0.717, 1.165) is 24.6 Å². The summed E-state index contributed by atoms with van der Waals surface area (Å²) in [5, 5.41) is 0.0859. The normalized spacial score (nSPS) is 16.9. The SMILES string of the molecule is O=c1[nH]c(Cl)nc2nc(CCCC3CCCCC3)[nH]c12. The van der Waals surface area contributed by atoms with Gasteiger partial charge in [0.25, 0.3) is 5.56 Å². The molecule has 108 valence electrons. The van der Waals surface area contributed by atoms with Crippen molar-refractivity contribution >= 4 is 22.8 Å². The first-order valence-electron chi connectivity index (χ1n) is 7.37. The van der Waals surface area contributed by atoms with Gasteiger partial charge >= 0.3 is 0 Å². The number of fused-ring (bicyclic) bond motifs is 1. The standard InChI is InChI=1S/C14H19ClN4O/c15-14-18-12-11(13(20)19-14)16-10(17-12)8-4-7-9-5-2-1-3-6-9/h9H,1-8H2,(H2,16,17,18,19,20). The molecule has 0 bridgehead atoms. The zero-order valence-corrected chi connectivity index (χ0v) is 12.2. The molecule has 0 unspecified atom stereocenters. The van der Waals surface area contributed by atoms with Crippen LogP contribution in [-0.2, 0) is 6.42 Å². The Bertz CT molecular complexity index is 642. The molecular weight excluding hydrogens is 276 g/mol. The number of H-pyrrole nitrogens is 2. The number of aryl methyl sites for hydroxylation is 1. The number of nitrogens with zero attached hydrogens (tertiary/aromatic N) is 2. The molecule has 0 saturated heterocycles. The fourth-order valence-electron chi connectivity index (χ4n) is 3.08. The first-order valence-corrected chi connectivity index (χ1v) is 7.74. The summed E-state index contributed by atoms with van der Waals surface area (Å²) in [6.07, 6.45) is 10.1. The Morgan fingerprint density at radius 3 is 2.75 bits per heavy atom. The predicted molar refractivity (Wildman–Crippen MR) is 79.0 cm³/mol. The zero-order valence-electron chi connectivity index (χ0n) is 11.4. The van der Waals surface area contributed by atoms with Gasteiger partial charge in [-0.05, 0) is 23.9 Å². The van der Waals surface area contributed by atoms with Crippen LogP contribution in [0.1, 0.15) is 50.8 Å². The van der Waals surface area contributed by atoms with Crippen LogP contribution in [0.15, 0.2) is 4.79 Å². The highest BCUT2D eigenvalue weighted by molar-refractivity contribution is 6.28. The summed E-state index contributed by atoms with van der Waals surface area (Å²) in [6, 6.07) is 0. The molecule has 2 heterocycles. The fourth-order valence-corrected chi connectivity index (χ4v) is 3.25. The van der Waals surface area contributed by atoms with Crippen LogP contribution in [0.3, 0.4) is 0 Å². The third kappa shape index (κ3) is 3.03. The number of hydrogen-bond acceptors (Lipinski definition) is 3. The molecule has 3 rings (SSSR count). The molecule has 20 heavy (non-hydrogen) atoms. The first kappa shape index (κ1) is 13.6. The summed E-state index contributed by atoms with van der Waals surface area (Å²) in [5.41, 5.74) is 0.569. The average molecular weight is 295 g/mol. The minimum Gasteiger partial charge on any atom is -0.336 e. The Balaban J connectivity index is 1.63. The van der Waals surface area contributed by atoms with Gasteiger partial charge in [-0.25, -0.2) is 4.98 Å². The Morgan fingerprint density at radius 1 is 1.15 bits per heavy atom. The minimum absolute atomic E-state index is 0.0859. The van der Waals surface area contributed by atoms with E-state index in [1.807, 2.05) is 0 Å². The molecule has 0 amide bonds. The van der Waals surface area contributed by atoms with Gasteiger partial charge in [-0.15, -0.1) is 0 Å². The molecule has 1 fully saturated rings. The van der Waals surface area contributed by atoms with E-state index in [1.165, 1.54) is 38.5 Å². The molecule has 2 aromatic rings. The molecule has 1 saturated carbocycles. The molecule has 0 radical (unpaired) electrons. The van der Waals surface area contributed by atoms with Gasteiger partial charge in [0.05, 0.1) is 0 Å². The zero-order chi connectivity index (χ0) is 13.9. The van der Waals surface area contributed by atoms with Crippen LogP contribution in [-0.4, -0.2) is 19.9 Å². The molecule has 0 aliphatic heterocycles. The highest BCUT2D eigenvalue weighted by atomic mass is 35.5. The van der Waals surface area contributed by atoms with Gasteiger partial charge in [0, 0.05) is 6.42 Å². The second-order valence-electron chi connectivity index (χ2n) is 5.64. The number of imidazole rings is 1. The number of rotatable bonds is 4. The van der Waals surface area contributed by atoms with Crippen molar-refractivity contribution in [1.82, 2.24) is 19.9 Å². The van der Waals surface area contributed by atoms with Gasteiger partial charge in [-0.2, -0.15) is 4.98 Å². The Labute approximate surface area is 122 Å². The van der Waals surface area contributed by atoms with Crippen molar-refractivity contribution in [2.24, 2.45) is 5.92 Å².